The third-order valence-corrected chi connectivity index (χ3v) is 5.47. The quantitative estimate of drug-likeness (QED) is 0.845. The van der Waals surface area contributed by atoms with Gasteiger partial charge in [0, 0.05) is 41.8 Å². The lowest BCUT2D eigenvalue weighted by Crippen LogP contribution is -2.49. The molecule has 2 aliphatic rings. The summed E-state index contributed by atoms with van der Waals surface area (Å²) in [4.78, 5) is 39.0. The van der Waals surface area contributed by atoms with Crippen LogP contribution in [0.2, 0.25) is 0 Å². The Morgan fingerprint density at radius 1 is 1.42 bits per heavy atom. The lowest BCUT2D eigenvalue weighted by atomic mass is 10.0. The van der Waals surface area contributed by atoms with E-state index in [2.05, 4.69) is 10.6 Å². The number of piperidine rings is 1. The number of amides is 3. The number of hydrogen-bond acceptors (Lipinski definition) is 5. The molecule has 0 unspecified atom stereocenters. The largest absolute Gasteiger partial charge is 0.450 e. The standard InChI is InChI=1S/C18H23N3O4S/c1-2-25-18(24)19-13-4-3-8-21(11-13)17(23)12-5-6-15-14(10-12)20-16(22)7-9-26-15/h5-6,10,13H,2-4,7-9,11H2,1H3,(H,19,24)(H,20,22)/t13-/m0/s1. The molecule has 0 aromatic heterocycles. The first kappa shape index (κ1) is 18.6. The van der Waals surface area contributed by atoms with Crippen molar-refractivity contribution in [3.05, 3.63) is 23.8 Å². The second kappa shape index (κ2) is 8.44. The zero-order valence-corrected chi connectivity index (χ0v) is 15.6. The van der Waals surface area contributed by atoms with Gasteiger partial charge in [0.15, 0.2) is 0 Å². The number of alkyl carbamates (subject to hydrolysis) is 1. The number of likely N-dealkylation sites (tertiary alicyclic amines) is 1. The topological polar surface area (TPSA) is 87.7 Å². The number of nitrogens with one attached hydrogen (secondary N) is 2. The van der Waals surface area contributed by atoms with E-state index in [9.17, 15) is 14.4 Å². The van der Waals surface area contributed by atoms with E-state index in [0.717, 1.165) is 23.5 Å². The molecule has 140 valence electrons. The van der Waals surface area contributed by atoms with Gasteiger partial charge >= 0.3 is 6.09 Å². The summed E-state index contributed by atoms with van der Waals surface area (Å²) in [5.41, 5.74) is 1.24. The maximum atomic E-state index is 12.9. The number of hydrogen-bond donors (Lipinski definition) is 2. The number of ether oxygens (including phenoxy) is 1. The first-order valence-corrected chi connectivity index (χ1v) is 9.84. The maximum Gasteiger partial charge on any atom is 0.407 e. The van der Waals surface area contributed by atoms with Gasteiger partial charge in [0.25, 0.3) is 5.91 Å². The van der Waals surface area contributed by atoms with Gasteiger partial charge in [-0.15, -0.1) is 11.8 Å². The van der Waals surface area contributed by atoms with Crippen molar-refractivity contribution in [2.75, 3.05) is 30.8 Å². The zero-order chi connectivity index (χ0) is 18.5. The van der Waals surface area contributed by atoms with Crippen molar-refractivity contribution in [2.24, 2.45) is 0 Å². The van der Waals surface area contributed by atoms with Gasteiger partial charge in [-0.05, 0) is 38.0 Å². The second-order valence-electron chi connectivity index (χ2n) is 6.31. The van der Waals surface area contributed by atoms with Crippen molar-refractivity contribution in [1.29, 1.82) is 0 Å². The molecule has 0 spiro atoms. The second-order valence-corrected chi connectivity index (χ2v) is 7.45. The van der Waals surface area contributed by atoms with Crippen LogP contribution in [0.5, 0.6) is 0 Å². The Hall–Kier alpha value is -2.22. The minimum Gasteiger partial charge on any atom is -0.450 e. The van der Waals surface area contributed by atoms with E-state index in [-0.39, 0.29) is 17.9 Å². The van der Waals surface area contributed by atoms with Crippen LogP contribution in [0.3, 0.4) is 0 Å². The number of anilines is 1. The van der Waals surface area contributed by atoms with Crippen molar-refractivity contribution >= 4 is 35.4 Å². The molecule has 0 radical (unpaired) electrons. The average molecular weight is 377 g/mol. The monoisotopic (exact) mass is 377 g/mol. The predicted molar refractivity (Wildman–Crippen MR) is 99.5 cm³/mol. The zero-order valence-electron chi connectivity index (χ0n) is 14.7. The Morgan fingerprint density at radius 3 is 3.08 bits per heavy atom. The minimum absolute atomic E-state index is 0.0301. The molecular formula is C18H23N3O4S. The smallest absolute Gasteiger partial charge is 0.407 e. The van der Waals surface area contributed by atoms with Crippen molar-refractivity contribution in [1.82, 2.24) is 10.2 Å². The highest BCUT2D eigenvalue weighted by molar-refractivity contribution is 7.99. The fourth-order valence-corrected chi connectivity index (χ4v) is 4.09. The molecule has 0 saturated carbocycles. The van der Waals surface area contributed by atoms with Crippen LogP contribution < -0.4 is 10.6 Å². The van der Waals surface area contributed by atoms with E-state index in [0.29, 0.717) is 37.4 Å². The molecule has 1 fully saturated rings. The highest BCUT2D eigenvalue weighted by atomic mass is 32.2. The summed E-state index contributed by atoms with van der Waals surface area (Å²) in [6.45, 7) is 3.18. The van der Waals surface area contributed by atoms with Gasteiger partial charge in [0.1, 0.15) is 0 Å². The van der Waals surface area contributed by atoms with Crippen molar-refractivity contribution in [3.8, 4) is 0 Å². The fraction of sp³-hybridized carbons (Fsp3) is 0.500. The lowest BCUT2D eigenvalue weighted by Gasteiger charge is -2.33. The normalized spacial score (nSPS) is 19.8. The van der Waals surface area contributed by atoms with Gasteiger partial charge in [0.05, 0.1) is 12.3 Å². The van der Waals surface area contributed by atoms with Gasteiger partial charge in [-0.3, -0.25) is 9.59 Å². The van der Waals surface area contributed by atoms with E-state index in [1.165, 1.54) is 0 Å². The molecule has 1 aromatic rings. The molecule has 3 amide bonds. The fourth-order valence-electron chi connectivity index (χ4n) is 3.15. The van der Waals surface area contributed by atoms with E-state index < -0.39 is 6.09 Å². The van der Waals surface area contributed by atoms with Crippen molar-refractivity contribution in [3.63, 3.8) is 0 Å². The molecule has 1 aromatic carbocycles. The van der Waals surface area contributed by atoms with Gasteiger partial charge < -0.3 is 20.3 Å². The summed E-state index contributed by atoms with van der Waals surface area (Å²) >= 11 is 1.61. The first-order valence-electron chi connectivity index (χ1n) is 8.86. The van der Waals surface area contributed by atoms with Crippen LogP contribution in [0, 0.1) is 0 Å². The van der Waals surface area contributed by atoms with Crippen LogP contribution in [0.15, 0.2) is 23.1 Å². The lowest BCUT2D eigenvalue weighted by molar-refractivity contribution is -0.115. The van der Waals surface area contributed by atoms with Gasteiger partial charge in [-0.2, -0.15) is 0 Å². The van der Waals surface area contributed by atoms with Gasteiger partial charge in [-0.1, -0.05) is 0 Å². The van der Waals surface area contributed by atoms with Gasteiger partial charge in [-0.25, -0.2) is 4.79 Å². The Bertz CT molecular complexity index is 710. The molecule has 2 N–H and O–H groups in total. The Labute approximate surface area is 156 Å². The van der Waals surface area contributed by atoms with E-state index >= 15 is 0 Å². The summed E-state index contributed by atoms with van der Waals surface area (Å²) in [5.74, 6) is 0.614. The Balaban J connectivity index is 1.68. The molecule has 1 atom stereocenters. The first-order chi connectivity index (χ1) is 12.6. The predicted octanol–water partition coefficient (Wildman–Crippen LogP) is 2.47. The molecule has 3 rings (SSSR count). The molecule has 0 bridgehead atoms. The summed E-state index contributed by atoms with van der Waals surface area (Å²) in [6.07, 6.45) is 1.66. The summed E-state index contributed by atoms with van der Waals surface area (Å²) < 4.78 is 4.91. The Morgan fingerprint density at radius 2 is 2.27 bits per heavy atom. The summed E-state index contributed by atoms with van der Waals surface area (Å²) in [5, 5.41) is 5.67. The Kier molecular flexibility index (Phi) is 6.03. The van der Waals surface area contributed by atoms with Crippen LogP contribution in [0.1, 0.15) is 36.5 Å². The molecule has 7 nitrogen and oxygen atoms in total. The van der Waals surface area contributed by atoms with Crippen LogP contribution in [-0.4, -0.2) is 54.3 Å². The number of thioether (sulfide) groups is 1. The number of carbonyl (C=O) groups excluding carboxylic acids is 3. The van der Waals surface area contributed by atoms with E-state index in [1.54, 1.807) is 35.7 Å². The molecule has 2 heterocycles. The number of fused-ring (bicyclic) bond motifs is 1. The van der Waals surface area contributed by atoms with Crippen LogP contribution in [0.25, 0.3) is 0 Å². The van der Waals surface area contributed by atoms with Crippen LogP contribution in [-0.2, 0) is 9.53 Å². The third kappa shape index (κ3) is 4.49. The maximum absolute atomic E-state index is 12.9. The number of nitrogens with zero attached hydrogens (tertiary/aromatic N) is 1. The molecule has 1 saturated heterocycles. The van der Waals surface area contributed by atoms with E-state index in [1.807, 2.05) is 6.07 Å². The number of benzene rings is 1. The molecule has 8 heteroatoms. The summed E-state index contributed by atoms with van der Waals surface area (Å²) in [6, 6.07) is 5.32. The minimum atomic E-state index is -0.448. The average Bonchev–Trinajstić information content (AvgIpc) is 2.81. The van der Waals surface area contributed by atoms with Crippen molar-refractivity contribution < 1.29 is 19.1 Å². The highest BCUT2D eigenvalue weighted by Crippen LogP contribution is 2.32. The molecule has 2 aliphatic heterocycles. The number of carbonyl (C=O) groups is 3. The third-order valence-electron chi connectivity index (χ3n) is 4.39. The highest BCUT2D eigenvalue weighted by Gasteiger charge is 2.26. The summed E-state index contributed by atoms with van der Waals surface area (Å²) in [7, 11) is 0. The van der Waals surface area contributed by atoms with Crippen molar-refractivity contribution in [2.45, 2.75) is 37.1 Å². The molecule has 26 heavy (non-hydrogen) atoms. The molecular weight excluding hydrogens is 354 g/mol. The number of rotatable bonds is 3. The van der Waals surface area contributed by atoms with E-state index in [4.69, 9.17) is 4.74 Å². The molecule has 0 aliphatic carbocycles. The SMILES string of the molecule is CCOC(=O)N[C@H]1CCCN(C(=O)c2ccc3c(c2)NC(=O)CCS3)C1. The van der Waals surface area contributed by atoms with Gasteiger partial charge in [0.2, 0.25) is 5.91 Å². The van der Waals surface area contributed by atoms with Crippen LogP contribution >= 0.6 is 11.8 Å². The van der Waals surface area contributed by atoms with Crippen LogP contribution in [0.4, 0.5) is 10.5 Å².